The summed E-state index contributed by atoms with van der Waals surface area (Å²) in [5.41, 5.74) is 5.91. The molecule has 270 valence electrons. The molecule has 2 unspecified atom stereocenters. The second-order valence-corrected chi connectivity index (χ2v) is 12.6. The fourth-order valence-corrected chi connectivity index (χ4v) is 5.89. The van der Waals surface area contributed by atoms with E-state index < -0.39 is 79.2 Å². The zero-order valence-electron chi connectivity index (χ0n) is 27.6. The zero-order chi connectivity index (χ0) is 35.6. The highest BCUT2D eigenvalue weighted by Crippen LogP contribution is 2.39. The molecule has 3 aliphatic heterocycles. The number of carbonyl (C=O) groups is 2. The predicted molar refractivity (Wildman–Crippen MR) is 172 cm³/mol. The van der Waals surface area contributed by atoms with E-state index in [1.807, 2.05) is 6.08 Å². The molecule has 0 spiro atoms. The molecule has 0 aromatic carbocycles. The lowest BCUT2D eigenvalue weighted by atomic mass is 9.83. The number of epoxide rings is 1. The Balaban J connectivity index is 1.74. The lowest BCUT2D eigenvalue weighted by molar-refractivity contribution is -0.308. The van der Waals surface area contributed by atoms with Gasteiger partial charge in [0, 0.05) is 39.0 Å². The third kappa shape index (κ3) is 12.0. The first-order chi connectivity index (χ1) is 22.6. The number of carboxylic acids is 1. The predicted octanol–water partition coefficient (Wildman–Crippen LogP) is 0.756. The molecule has 0 aliphatic carbocycles. The van der Waals surface area contributed by atoms with Crippen LogP contribution in [0.1, 0.15) is 52.9 Å². The molecule has 14 nitrogen and oxygen atoms in total. The van der Waals surface area contributed by atoms with Crippen molar-refractivity contribution in [2.45, 2.75) is 132 Å². The third-order valence-electron chi connectivity index (χ3n) is 8.45. The molecule has 14 atom stereocenters. The van der Waals surface area contributed by atoms with Crippen molar-refractivity contribution in [3.05, 3.63) is 61.3 Å². The standard InChI is InChI=1S/C34H51NO13/c1-5-25-26(47-25)15-22(37)17-34(43)18-24(38)28(32(41)42)27(48-34)16-23(46-33-31(40)30(39)29(35)20(3)45-33)14-12-10-8-6-7-9-11-13-19(2)44-21(4)36/h5-12,14,19-20,22-31,33,37-40,43H,1,13,15-18,35H2,2-4H3,(H,41,42)/b7-6+,10-8+,11-9+,14-12+/t19-,20-,22+,23+,24+,25-,26-,27+,28-,29-,30?,31?,33+,34-/m1/s1. The van der Waals surface area contributed by atoms with Crippen LogP contribution in [0.5, 0.6) is 0 Å². The number of aliphatic hydroxyl groups excluding tert-OH is 4. The number of allylic oxidation sites excluding steroid dienone is 6. The molecule has 14 heteroatoms. The minimum absolute atomic E-state index is 0.184. The van der Waals surface area contributed by atoms with Crippen LogP contribution in [-0.4, -0.2) is 122 Å². The van der Waals surface area contributed by atoms with E-state index in [9.17, 15) is 40.2 Å². The number of carbonyl (C=O) groups excluding carboxylic acids is 1. The van der Waals surface area contributed by atoms with Crippen molar-refractivity contribution in [3.63, 3.8) is 0 Å². The van der Waals surface area contributed by atoms with Gasteiger partial charge < -0.3 is 60.1 Å². The maximum Gasteiger partial charge on any atom is 0.311 e. The summed E-state index contributed by atoms with van der Waals surface area (Å²) in [4.78, 5) is 23.3. The zero-order valence-corrected chi connectivity index (χ0v) is 27.6. The van der Waals surface area contributed by atoms with Gasteiger partial charge in [0.05, 0.1) is 42.7 Å². The van der Waals surface area contributed by atoms with Gasteiger partial charge in [0.25, 0.3) is 0 Å². The lowest BCUT2D eigenvalue weighted by Crippen LogP contribution is -2.61. The number of nitrogens with two attached hydrogens (primary N) is 1. The van der Waals surface area contributed by atoms with E-state index in [2.05, 4.69) is 6.58 Å². The monoisotopic (exact) mass is 681 g/mol. The quantitative estimate of drug-likeness (QED) is 0.0486. The Labute approximate surface area is 280 Å². The van der Waals surface area contributed by atoms with Crippen LogP contribution in [0.15, 0.2) is 61.3 Å². The van der Waals surface area contributed by atoms with Crippen molar-refractivity contribution >= 4 is 11.9 Å². The molecule has 0 aromatic rings. The number of esters is 1. The molecule has 3 rings (SSSR count). The van der Waals surface area contributed by atoms with Gasteiger partial charge in [-0.2, -0.15) is 0 Å². The molecule has 0 aromatic heterocycles. The van der Waals surface area contributed by atoms with Gasteiger partial charge in [-0.3, -0.25) is 9.59 Å². The first kappa shape index (κ1) is 39.7. The van der Waals surface area contributed by atoms with Gasteiger partial charge in [0.2, 0.25) is 0 Å². The first-order valence-corrected chi connectivity index (χ1v) is 16.2. The van der Waals surface area contributed by atoms with E-state index in [-0.39, 0.29) is 43.5 Å². The fourth-order valence-electron chi connectivity index (χ4n) is 5.89. The normalized spacial score (nSPS) is 37.6. The number of hydrogen-bond donors (Lipinski definition) is 7. The summed E-state index contributed by atoms with van der Waals surface area (Å²) >= 11 is 0. The highest BCUT2D eigenvalue weighted by molar-refractivity contribution is 5.71. The molecule has 0 amide bonds. The Morgan fingerprint density at radius 2 is 1.71 bits per heavy atom. The highest BCUT2D eigenvalue weighted by atomic mass is 16.7. The Hall–Kier alpha value is -2.76. The maximum atomic E-state index is 12.3. The summed E-state index contributed by atoms with van der Waals surface area (Å²) in [6.45, 7) is 8.39. The topological polar surface area (TPSA) is 231 Å². The summed E-state index contributed by atoms with van der Waals surface area (Å²) < 4.78 is 28.1. The fraction of sp³-hybridized carbons (Fsp3) is 0.647. The molecule has 3 aliphatic rings. The van der Waals surface area contributed by atoms with Crippen LogP contribution in [0.2, 0.25) is 0 Å². The second kappa shape index (κ2) is 18.3. The van der Waals surface area contributed by atoms with Crippen LogP contribution in [0.3, 0.4) is 0 Å². The Bertz CT molecular complexity index is 1190. The molecule has 0 radical (unpaired) electrons. The van der Waals surface area contributed by atoms with Gasteiger partial charge in [0.1, 0.15) is 30.3 Å². The molecule has 0 bridgehead atoms. The van der Waals surface area contributed by atoms with Crippen LogP contribution >= 0.6 is 0 Å². The van der Waals surface area contributed by atoms with E-state index in [1.165, 1.54) is 6.92 Å². The van der Waals surface area contributed by atoms with E-state index in [0.717, 1.165) is 0 Å². The molecule has 8 N–H and O–H groups in total. The molecule has 3 fully saturated rings. The van der Waals surface area contributed by atoms with Crippen molar-refractivity contribution in [1.29, 1.82) is 0 Å². The van der Waals surface area contributed by atoms with Crippen LogP contribution in [-0.2, 0) is 33.3 Å². The molecule has 48 heavy (non-hydrogen) atoms. The van der Waals surface area contributed by atoms with Crippen molar-refractivity contribution in [2.75, 3.05) is 0 Å². The van der Waals surface area contributed by atoms with Gasteiger partial charge in [0.15, 0.2) is 12.1 Å². The van der Waals surface area contributed by atoms with Crippen LogP contribution in [0, 0.1) is 5.92 Å². The van der Waals surface area contributed by atoms with Gasteiger partial charge in [-0.1, -0.05) is 54.7 Å². The van der Waals surface area contributed by atoms with Crippen molar-refractivity contribution in [1.82, 2.24) is 0 Å². The molecule has 3 heterocycles. The van der Waals surface area contributed by atoms with E-state index in [0.29, 0.717) is 6.42 Å². The third-order valence-corrected chi connectivity index (χ3v) is 8.45. The Kier molecular flexibility index (Phi) is 15.1. The largest absolute Gasteiger partial charge is 0.481 e. The average molecular weight is 682 g/mol. The number of carboxylic acid groups (broad SMARTS) is 1. The second-order valence-electron chi connectivity index (χ2n) is 12.6. The molecule has 0 saturated carbocycles. The van der Waals surface area contributed by atoms with E-state index in [1.54, 1.807) is 62.5 Å². The molecular formula is C34H51NO13. The SMILES string of the molecule is C=C[C@H]1O[C@@H]1C[C@H](O)C[C@]1(O)C[C@H](O)[C@@H](C(=O)O)[C@H](C[C@H](/C=C/C=C/C=C/C=C/C[C@@H](C)OC(C)=O)O[C@@H]2O[C@H](C)[C@@H](N)C(O)C2O)O1. The van der Waals surface area contributed by atoms with Gasteiger partial charge in [-0.25, -0.2) is 0 Å². The number of hydrogen-bond acceptors (Lipinski definition) is 13. The summed E-state index contributed by atoms with van der Waals surface area (Å²) in [7, 11) is 0. The van der Waals surface area contributed by atoms with Crippen molar-refractivity contribution in [2.24, 2.45) is 11.7 Å². The van der Waals surface area contributed by atoms with E-state index in [4.69, 9.17) is 29.4 Å². The van der Waals surface area contributed by atoms with Crippen LogP contribution < -0.4 is 5.73 Å². The van der Waals surface area contributed by atoms with Crippen molar-refractivity contribution < 1.29 is 63.9 Å². The lowest BCUT2D eigenvalue weighted by Gasteiger charge is -2.45. The molecule has 3 saturated heterocycles. The number of aliphatic carboxylic acids is 1. The van der Waals surface area contributed by atoms with Crippen molar-refractivity contribution in [3.8, 4) is 0 Å². The van der Waals surface area contributed by atoms with Gasteiger partial charge in [-0.15, -0.1) is 6.58 Å². The smallest absolute Gasteiger partial charge is 0.311 e. The Morgan fingerprint density at radius 1 is 1.04 bits per heavy atom. The average Bonchev–Trinajstić information content (AvgIpc) is 3.74. The minimum Gasteiger partial charge on any atom is -0.481 e. The van der Waals surface area contributed by atoms with Crippen LogP contribution in [0.4, 0.5) is 0 Å². The van der Waals surface area contributed by atoms with E-state index >= 15 is 0 Å². The minimum atomic E-state index is -2.06. The molecular weight excluding hydrogens is 630 g/mol. The first-order valence-electron chi connectivity index (χ1n) is 16.2. The van der Waals surface area contributed by atoms with Crippen LogP contribution in [0.25, 0.3) is 0 Å². The number of rotatable bonds is 17. The number of aliphatic hydroxyl groups is 5. The summed E-state index contributed by atoms with van der Waals surface area (Å²) in [5.74, 6) is -5.22. The summed E-state index contributed by atoms with van der Waals surface area (Å²) in [6, 6.07) is -0.875. The summed E-state index contributed by atoms with van der Waals surface area (Å²) in [6.07, 6.45) is 4.56. The van der Waals surface area contributed by atoms with Gasteiger partial charge in [-0.05, 0) is 13.8 Å². The van der Waals surface area contributed by atoms with Gasteiger partial charge >= 0.3 is 11.9 Å². The summed E-state index contributed by atoms with van der Waals surface area (Å²) in [5, 5.41) is 63.8. The number of ether oxygens (including phenoxy) is 5. The Morgan fingerprint density at radius 3 is 2.33 bits per heavy atom. The maximum absolute atomic E-state index is 12.3. The highest BCUT2D eigenvalue weighted by Gasteiger charge is 2.51.